The summed E-state index contributed by atoms with van der Waals surface area (Å²) in [6, 6.07) is 11.0. The normalized spacial score (nSPS) is 14.2. The predicted molar refractivity (Wildman–Crippen MR) is 133 cm³/mol. The number of halogens is 3. The van der Waals surface area contributed by atoms with Crippen molar-refractivity contribution in [3.8, 4) is 5.75 Å². The molecule has 1 saturated heterocycles. The Morgan fingerprint density at radius 2 is 1.94 bits per heavy atom. The third kappa shape index (κ3) is 5.65. The molecule has 4 rings (SSSR count). The van der Waals surface area contributed by atoms with Gasteiger partial charge in [-0.3, -0.25) is 14.6 Å². The van der Waals surface area contributed by atoms with Gasteiger partial charge < -0.3 is 9.47 Å². The van der Waals surface area contributed by atoms with E-state index < -0.39 is 0 Å². The molecule has 2 heterocycles. The molecule has 0 aliphatic carbocycles. The summed E-state index contributed by atoms with van der Waals surface area (Å²) in [5.41, 5.74) is 1.46. The second-order valence-corrected chi connectivity index (χ2v) is 8.98. The van der Waals surface area contributed by atoms with Crippen molar-refractivity contribution in [3.05, 3.63) is 52.0 Å². The van der Waals surface area contributed by atoms with Crippen LogP contribution in [0.5, 0.6) is 5.75 Å². The van der Waals surface area contributed by atoms with Gasteiger partial charge in [0, 0.05) is 31.2 Å². The van der Waals surface area contributed by atoms with Gasteiger partial charge in [0.15, 0.2) is 5.13 Å². The average Bonchev–Trinajstić information content (AvgIpc) is 3.22. The molecular formula is C22H24Cl3N3O3S. The number of anilines is 1. The molecule has 1 fully saturated rings. The number of carbonyl (C=O) groups excluding carboxylic acids is 1. The number of morpholine rings is 1. The number of hydrogen-bond donors (Lipinski definition) is 0. The Kier molecular flexibility index (Phi) is 8.99. The number of nitrogens with zero attached hydrogens (tertiary/aromatic N) is 3. The van der Waals surface area contributed by atoms with Gasteiger partial charge in [0.2, 0.25) is 5.91 Å². The quantitative estimate of drug-likeness (QED) is 0.445. The van der Waals surface area contributed by atoms with Gasteiger partial charge in [-0.1, -0.05) is 52.7 Å². The Bertz CT molecular complexity index is 1070. The Balaban J connectivity index is 0.00000289. The van der Waals surface area contributed by atoms with Crippen LogP contribution in [-0.2, 0) is 16.0 Å². The third-order valence-corrected chi connectivity index (χ3v) is 7.15. The lowest BCUT2D eigenvalue weighted by Gasteiger charge is -2.29. The van der Waals surface area contributed by atoms with E-state index >= 15 is 0 Å². The van der Waals surface area contributed by atoms with Crippen molar-refractivity contribution in [2.45, 2.75) is 6.42 Å². The topological polar surface area (TPSA) is 54.9 Å². The summed E-state index contributed by atoms with van der Waals surface area (Å²) in [4.78, 5) is 22.1. The summed E-state index contributed by atoms with van der Waals surface area (Å²) >= 11 is 14.1. The number of amides is 1. The number of methoxy groups -OCH3 is 1. The zero-order valence-corrected chi connectivity index (χ0v) is 20.7. The number of hydrogen-bond acceptors (Lipinski definition) is 6. The van der Waals surface area contributed by atoms with E-state index in [1.807, 2.05) is 18.2 Å². The van der Waals surface area contributed by atoms with E-state index in [9.17, 15) is 4.79 Å². The highest BCUT2D eigenvalue weighted by Gasteiger charge is 2.24. The SMILES string of the molecule is COc1ccc(Cl)c2sc(N(CCN3CCOCC3)C(=O)Cc3ccccc3Cl)nc12.Cl. The summed E-state index contributed by atoms with van der Waals surface area (Å²) < 4.78 is 11.7. The first-order valence-electron chi connectivity index (χ1n) is 10.0. The van der Waals surface area contributed by atoms with Crippen molar-refractivity contribution in [2.75, 3.05) is 51.4 Å². The molecule has 0 spiro atoms. The van der Waals surface area contributed by atoms with Gasteiger partial charge in [-0.05, 0) is 23.8 Å². The van der Waals surface area contributed by atoms with Crippen molar-refractivity contribution >= 4 is 68.2 Å². The summed E-state index contributed by atoms with van der Waals surface area (Å²) in [6.45, 7) is 4.38. The summed E-state index contributed by atoms with van der Waals surface area (Å²) in [7, 11) is 1.60. The van der Waals surface area contributed by atoms with Crippen LogP contribution in [0.15, 0.2) is 36.4 Å². The Morgan fingerprint density at radius 3 is 2.66 bits per heavy atom. The van der Waals surface area contributed by atoms with Crippen LogP contribution >= 0.6 is 46.9 Å². The number of ether oxygens (including phenoxy) is 2. The number of carbonyl (C=O) groups is 1. The minimum atomic E-state index is -0.0597. The fourth-order valence-corrected chi connectivity index (χ4v) is 5.02. The van der Waals surface area contributed by atoms with Gasteiger partial charge in [0.1, 0.15) is 11.3 Å². The molecule has 1 aliphatic heterocycles. The molecule has 0 atom stereocenters. The highest BCUT2D eigenvalue weighted by atomic mass is 35.5. The highest BCUT2D eigenvalue weighted by Crippen LogP contribution is 2.39. The molecule has 3 aromatic rings. The molecule has 172 valence electrons. The highest BCUT2D eigenvalue weighted by molar-refractivity contribution is 7.23. The molecule has 0 radical (unpaired) electrons. The van der Waals surface area contributed by atoms with Crippen molar-refractivity contribution in [1.29, 1.82) is 0 Å². The maximum atomic E-state index is 13.4. The molecule has 0 saturated carbocycles. The van der Waals surface area contributed by atoms with E-state index in [1.54, 1.807) is 30.2 Å². The van der Waals surface area contributed by atoms with Crippen LogP contribution in [0.2, 0.25) is 10.0 Å². The van der Waals surface area contributed by atoms with Gasteiger partial charge >= 0.3 is 0 Å². The van der Waals surface area contributed by atoms with Gasteiger partial charge in [-0.25, -0.2) is 4.98 Å². The Hall–Kier alpha value is -1.61. The monoisotopic (exact) mass is 515 g/mol. The lowest BCUT2D eigenvalue weighted by molar-refractivity contribution is -0.118. The average molecular weight is 517 g/mol. The molecule has 1 aromatic heterocycles. The van der Waals surface area contributed by atoms with E-state index in [0.29, 0.717) is 46.2 Å². The molecule has 6 nitrogen and oxygen atoms in total. The maximum absolute atomic E-state index is 13.4. The number of rotatable bonds is 7. The molecule has 0 unspecified atom stereocenters. The van der Waals surface area contributed by atoms with Crippen molar-refractivity contribution in [2.24, 2.45) is 0 Å². The number of benzene rings is 2. The first kappa shape index (κ1) is 25.0. The second-order valence-electron chi connectivity index (χ2n) is 7.19. The van der Waals surface area contributed by atoms with Crippen LogP contribution in [0.1, 0.15) is 5.56 Å². The molecule has 1 amide bonds. The molecular weight excluding hydrogens is 493 g/mol. The Labute approximate surface area is 207 Å². The maximum Gasteiger partial charge on any atom is 0.233 e. The zero-order chi connectivity index (χ0) is 21.8. The summed E-state index contributed by atoms with van der Waals surface area (Å²) in [6.07, 6.45) is 0.198. The van der Waals surface area contributed by atoms with Gasteiger partial charge in [0.05, 0.1) is 36.5 Å². The molecule has 0 bridgehead atoms. The van der Waals surface area contributed by atoms with Crippen molar-refractivity contribution in [3.63, 3.8) is 0 Å². The molecule has 2 aromatic carbocycles. The fraction of sp³-hybridized carbons (Fsp3) is 0.364. The summed E-state index contributed by atoms with van der Waals surface area (Å²) in [5, 5.41) is 1.77. The minimum absolute atomic E-state index is 0. The van der Waals surface area contributed by atoms with Crippen LogP contribution in [0.25, 0.3) is 10.2 Å². The van der Waals surface area contributed by atoms with Crippen LogP contribution in [0.3, 0.4) is 0 Å². The number of thiazole rings is 1. The molecule has 10 heteroatoms. The standard InChI is InChI=1S/C22H23Cl2N3O3S.ClH/c1-29-18-7-6-17(24)21-20(18)25-22(31-21)27(9-8-26-10-12-30-13-11-26)19(28)14-15-4-2-3-5-16(15)23;/h2-7H,8-14H2,1H3;1H. The van der Waals surface area contributed by atoms with E-state index in [2.05, 4.69) is 4.90 Å². The van der Waals surface area contributed by atoms with Gasteiger partial charge in [-0.2, -0.15) is 0 Å². The molecule has 0 N–H and O–H groups in total. The van der Waals surface area contributed by atoms with Crippen LogP contribution in [0.4, 0.5) is 5.13 Å². The number of aromatic nitrogens is 1. The lowest BCUT2D eigenvalue weighted by Crippen LogP contribution is -2.43. The van der Waals surface area contributed by atoms with E-state index in [4.69, 9.17) is 37.7 Å². The van der Waals surface area contributed by atoms with E-state index in [-0.39, 0.29) is 24.7 Å². The lowest BCUT2D eigenvalue weighted by atomic mass is 10.1. The van der Waals surface area contributed by atoms with Crippen LogP contribution < -0.4 is 9.64 Å². The van der Waals surface area contributed by atoms with Crippen LogP contribution in [0, 0.1) is 0 Å². The first-order valence-corrected chi connectivity index (χ1v) is 11.6. The third-order valence-electron chi connectivity index (χ3n) is 5.24. The molecule has 1 aliphatic rings. The number of fused-ring (bicyclic) bond motifs is 1. The summed E-state index contributed by atoms with van der Waals surface area (Å²) in [5.74, 6) is 0.573. The predicted octanol–water partition coefficient (Wildman–Crippen LogP) is 4.94. The van der Waals surface area contributed by atoms with E-state index in [0.717, 1.165) is 29.9 Å². The van der Waals surface area contributed by atoms with Gasteiger partial charge in [0.25, 0.3) is 0 Å². The second kappa shape index (κ2) is 11.5. The largest absolute Gasteiger partial charge is 0.494 e. The van der Waals surface area contributed by atoms with Crippen molar-refractivity contribution < 1.29 is 14.3 Å². The molecule has 32 heavy (non-hydrogen) atoms. The first-order chi connectivity index (χ1) is 15.1. The smallest absolute Gasteiger partial charge is 0.233 e. The van der Waals surface area contributed by atoms with Gasteiger partial charge in [-0.15, -0.1) is 12.4 Å². The zero-order valence-electron chi connectivity index (χ0n) is 17.6. The van der Waals surface area contributed by atoms with Crippen molar-refractivity contribution in [1.82, 2.24) is 9.88 Å². The fourth-order valence-electron chi connectivity index (χ4n) is 3.51. The Morgan fingerprint density at radius 1 is 1.19 bits per heavy atom. The van der Waals surface area contributed by atoms with E-state index in [1.165, 1.54) is 11.3 Å². The minimum Gasteiger partial charge on any atom is -0.494 e. The van der Waals surface area contributed by atoms with Crippen LogP contribution in [-0.4, -0.2) is 62.3 Å².